The number of amides is 3. The van der Waals surface area contributed by atoms with Gasteiger partial charge in [-0.15, -0.1) is 0 Å². The van der Waals surface area contributed by atoms with Gasteiger partial charge in [0.1, 0.15) is 0 Å². The lowest BCUT2D eigenvalue weighted by Gasteiger charge is -2.49. The number of benzene rings is 2. The molecule has 1 unspecified atom stereocenters. The monoisotopic (exact) mass is 377 g/mol. The van der Waals surface area contributed by atoms with Crippen LogP contribution in [0.2, 0.25) is 0 Å². The third-order valence-electron chi connectivity index (χ3n) is 5.32. The molecule has 0 aliphatic carbocycles. The quantitative estimate of drug-likeness (QED) is 0.889. The van der Waals surface area contributed by atoms with Crippen LogP contribution in [0.4, 0.5) is 11.4 Å². The molecule has 1 fully saturated rings. The number of fused-ring (bicyclic) bond motifs is 3. The minimum absolute atomic E-state index is 0.142. The van der Waals surface area contributed by atoms with Crippen molar-refractivity contribution < 1.29 is 14.4 Å². The molecule has 144 valence electrons. The summed E-state index contributed by atoms with van der Waals surface area (Å²) in [6, 6.07) is 16.1. The number of nitrogens with one attached hydrogen (secondary N) is 1. The molecule has 4 rings (SSSR count). The van der Waals surface area contributed by atoms with Gasteiger partial charge in [-0.25, -0.2) is 0 Å². The summed E-state index contributed by atoms with van der Waals surface area (Å²) in [5.74, 6) is -0.559. The Kier molecular flexibility index (Phi) is 4.41. The number of hydrogen-bond donors (Lipinski definition) is 1. The number of anilines is 2. The van der Waals surface area contributed by atoms with Gasteiger partial charge >= 0.3 is 0 Å². The number of para-hydroxylation sites is 2. The largest absolute Gasteiger partial charge is 0.322 e. The SMILES string of the molecule is CC(C)CN1C(=O)c2ccccc2N2C(=O)CCC12C(=O)Nc1ccccc1. The van der Waals surface area contributed by atoms with Gasteiger partial charge in [-0.05, 0) is 30.2 Å². The van der Waals surface area contributed by atoms with Crippen molar-refractivity contribution in [2.24, 2.45) is 5.92 Å². The molecule has 0 spiro atoms. The van der Waals surface area contributed by atoms with Crippen LogP contribution in [0.3, 0.4) is 0 Å². The predicted octanol–water partition coefficient (Wildman–Crippen LogP) is 3.26. The van der Waals surface area contributed by atoms with Crippen LogP contribution in [0.5, 0.6) is 0 Å². The zero-order valence-electron chi connectivity index (χ0n) is 16.0. The van der Waals surface area contributed by atoms with Crippen LogP contribution in [0, 0.1) is 5.92 Å². The molecule has 6 heteroatoms. The molecule has 2 aromatic rings. The van der Waals surface area contributed by atoms with Gasteiger partial charge in [0.05, 0.1) is 11.3 Å². The van der Waals surface area contributed by atoms with E-state index in [9.17, 15) is 14.4 Å². The fourth-order valence-electron chi connectivity index (χ4n) is 4.15. The summed E-state index contributed by atoms with van der Waals surface area (Å²) < 4.78 is 0. The molecular weight excluding hydrogens is 354 g/mol. The molecule has 28 heavy (non-hydrogen) atoms. The minimum Gasteiger partial charge on any atom is -0.322 e. The third-order valence-corrected chi connectivity index (χ3v) is 5.32. The Bertz CT molecular complexity index is 941. The van der Waals surface area contributed by atoms with Crippen molar-refractivity contribution >= 4 is 29.1 Å². The van der Waals surface area contributed by atoms with Gasteiger partial charge in [0.15, 0.2) is 0 Å². The molecular formula is C22H23N3O3. The van der Waals surface area contributed by atoms with E-state index in [1.165, 1.54) is 4.90 Å². The van der Waals surface area contributed by atoms with Gasteiger partial charge in [-0.1, -0.05) is 44.2 Å². The Hall–Kier alpha value is -3.15. The summed E-state index contributed by atoms with van der Waals surface area (Å²) in [4.78, 5) is 42.9. The molecule has 0 radical (unpaired) electrons. The van der Waals surface area contributed by atoms with E-state index in [2.05, 4.69) is 5.32 Å². The van der Waals surface area contributed by atoms with Crippen LogP contribution in [0.25, 0.3) is 0 Å². The second-order valence-electron chi connectivity index (χ2n) is 7.69. The number of nitrogens with zero attached hydrogens (tertiary/aromatic N) is 2. The Balaban J connectivity index is 1.86. The molecule has 0 aromatic heterocycles. The molecule has 2 aliphatic heterocycles. The zero-order chi connectivity index (χ0) is 19.9. The van der Waals surface area contributed by atoms with E-state index in [1.54, 1.807) is 41.3 Å². The number of hydrogen-bond acceptors (Lipinski definition) is 3. The van der Waals surface area contributed by atoms with Crippen molar-refractivity contribution in [3.63, 3.8) is 0 Å². The number of carbonyl (C=O) groups is 3. The first-order valence-corrected chi connectivity index (χ1v) is 9.55. The van der Waals surface area contributed by atoms with Crippen LogP contribution in [0.1, 0.15) is 37.0 Å². The Morgan fingerprint density at radius 1 is 1.07 bits per heavy atom. The van der Waals surface area contributed by atoms with Crippen molar-refractivity contribution in [2.75, 3.05) is 16.8 Å². The molecule has 1 N–H and O–H groups in total. The molecule has 0 saturated carbocycles. The predicted molar refractivity (Wildman–Crippen MR) is 107 cm³/mol. The van der Waals surface area contributed by atoms with Gasteiger partial charge in [-0.3, -0.25) is 19.3 Å². The molecule has 2 aromatic carbocycles. The standard InChI is InChI=1S/C22H23N3O3/c1-15(2)14-24-20(27)17-10-6-7-11-18(17)25-19(26)12-13-22(24,25)21(28)23-16-8-4-3-5-9-16/h3-11,15H,12-14H2,1-2H3,(H,23,28). The van der Waals surface area contributed by atoms with Crippen LogP contribution in [-0.2, 0) is 9.59 Å². The van der Waals surface area contributed by atoms with E-state index in [0.717, 1.165) is 0 Å². The van der Waals surface area contributed by atoms with Crippen LogP contribution in [-0.4, -0.2) is 34.8 Å². The first kappa shape index (κ1) is 18.2. The van der Waals surface area contributed by atoms with Crippen molar-refractivity contribution in [3.05, 3.63) is 60.2 Å². The van der Waals surface area contributed by atoms with Gasteiger partial charge < -0.3 is 10.2 Å². The Morgan fingerprint density at radius 3 is 2.46 bits per heavy atom. The van der Waals surface area contributed by atoms with Crippen LogP contribution < -0.4 is 10.2 Å². The molecule has 2 heterocycles. The second kappa shape index (κ2) is 6.78. The maximum absolute atomic E-state index is 13.6. The maximum atomic E-state index is 13.6. The highest BCUT2D eigenvalue weighted by Gasteiger charge is 2.60. The number of rotatable bonds is 4. The van der Waals surface area contributed by atoms with Crippen LogP contribution >= 0.6 is 0 Å². The topological polar surface area (TPSA) is 69.7 Å². The molecule has 2 aliphatic rings. The summed E-state index contributed by atoms with van der Waals surface area (Å²) in [6.07, 6.45) is 0.496. The molecule has 0 bridgehead atoms. The highest BCUT2D eigenvalue weighted by atomic mass is 16.2. The lowest BCUT2D eigenvalue weighted by Crippen LogP contribution is -2.69. The Morgan fingerprint density at radius 2 is 1.75 bits per heavy atom. The second-order valence-corrected chi connectivity index (χ2v) is 7.69. The van der Waals surface area contributed by atoms with E-state index in [1.807, 2.05) is 32.0 Å². The van der Waals surface area contributed by atoms with E-state index < -0.39 is 5.66 Å². The van der Waals surface area contributed by atoms with E-state index >= 15 is 0 Å². The van der Waals surface area contributed by atoms with Gasteiger partial charge in [0, 0.05) is 25.1 Å². The lowest BCUT2D eigenvalue weighted by molar-refractivity contribution is -0.129. The summed E-state index contributed by atoms with van der Waals surface area (Å²) >= 11 is 0. The summed E-state index contributed by atoms with van der Waals surface area (Å²) in [5, 5.41) is 2.92. The minimum atomic E-state index is -1.34. The fourth-order valence-corrected chi connectivity index (χ4v) is 4.15. The van der Waals surface area contributed by atoms with Crippen molar-refractivity contribution in [2.45, 2.75) is 32.4 Å². The van der Waals surface area contributed by atoms with Crippen molar-refractivity contribution in [1.82, 2.24) is 4.90 Å². The van der Waals surface area contributed by atoms with Crippen molar-refractivity contribution in [1.29, 1.82) is 0 Å². The highest BCUT2D eigenvalue weighted by Crippen LogP contribution is 2.45. The average molecular weight is 377 g/mol. The lowest BCUT2D eigenvalue weighted by atomic mass is 9.94. The van der Waals surface area contributed by atoms with E-state index in [0.29, 0.717) is 23.5 Å². The summed E-state index contributed by atoms with van der Waals surface area (Å²) in [7, 11) is 0. The number of carbonyl (C=O) groups excluding carboxylic acids is 3. The van der Waals surface area contributed by atoms with Crippen LogP contribution in [0.15, 0.2) is 54.6 Å². The molecule has 3 amide bonds. The first-order valence-electron chi connectivity index (χ1n) is 9.55. The average Bonchev–Trinajstić information content (AvgIpc) is 3.04. The van der Waals surface area contributed by atoms with Gasteiger partial charge in [-0.2, -0.15) is 0 Å². The fraction of sp³-hybridized carbons (Fsp3) is 0.318. The highest BCUT2D eigenvalue weighted by molar-refractivity contribution is 6.18. The van der Waals surface area contributed by atoms with Crippen molar-refractivity contribution in [3.8, 4) is 0 Å². The molecule has 1 atom stereocenters. The molecule has 1 saturated heterocycles. The summed E-state index contributed by atoms with van der Waals surface area (Å²) in [5.41, 5.74) is 0.263. The first-order chi connectivity index (χ1) is 13.4. The molecule has 6 nitrogen and oxygen atoms in total. The maximum Gasteiger partial charge on any atom is 0.271 e. The zero-order valence-corrected chi connectivity index (χ0v) is 16.0. The van der Waals surface area contributed by atoms with E-state index in [4.69, 9.17) is 0 Å². The van der Waals surface area contributed by atoms with Gasteiger partial charge in [0.25, 0.3) is 11.8 Å². The van der Waals surface area contributed by atoms with E-state index in [-0.39, 0.29) is 36.5 Å². The third kappa shape index (κ3) is 2.68. The Labute approximate surface area is 164 Å². The summed E-state index contributed by atoms with van der Waals surface area (Å²) in [6.45, 7) is 4.38. The smallest absolute Gasteiger partial charge is 0.271 e. The normalized spacial score (nSPS) is 21.0. The van der Waals surface area contributed by atoms with Gasteiger partial charge in [0.2, 0.25) is 11.6 Å².